The van der Waals surface area contributed by atoms with Crippen molar-refractivity contribution in [3.8, 4) is 0 Å². The predicted molar refractivity (Wildman–Crippen MR) is 66.6 cm³/mol. The summed E-state index contributed by atoms with van der Waals surface area (Å²) in [5.41, 5.74) is 3.59. The van der Waals surface area contributed by atoms with E-state index in [9.17, 15) is 4.79 Å². The van der Waals surface area contributed by atoms with Crippen LogP contribution in [0.15, 0.2) is 24.4 Å². The molecule has 0 fully saturated rings. The second-order valence-corrected chi connectivity index (χ2v) is 4.23. The summed E-state index contributed by atoms with van der Waals surface area (Å²) < 4.78 is 1.55. The average Bonchev–Trinajstić information content (AvgIpc) is 2.80. The van der Waals surface area contributed by atoms with Gasteiger partial charge in [0.1, 0.15) is 0 Å². The summed E-state index contributed by atoms with van der Waals surface area (Å²) in [6.07, 6.45) is 2.39. The van der Waals surface area contributed by atoms with E-state index < -0.39 is 5.97 Å². The van der Waals surface area contributed by atoms with Gasteiger partial charge in [0.15, 0.2) is 5.69 Å². The van der Waals surface area contributed by atoms with Crippen LogP contribution < -0.4 is 0 Å². The molecule has 0 bridgehead atoms. The third-order valence-corrected chi connectivity index (χ3v) is 2.83. The standard InChI is InChI=1S/C13H15N3O2/c1-3-10-6-9(2)4-5-11(10)7-16-8-12(13(17)18)14-15-16/h4-6,8H,3,7H2,1-2H3,(H,17,18). The number of hydrogen-bond acceptors (Lipinski definition) is 3. The number of carbonyl (C=O) groups is 1. The summed E-state index contributed by atoms with van der Waals surface area (Å²) in [4.78, 5) is 10.7. The highest BCUT2D eigenvalue weighted by Crippen LogP contribution is 2.13. The quantitative estimate of drug-likeness (QED) is 0.893. The zero-order chi connectivity index (χ0) is 13.1. The number of aromatic carboxylic acids is 1. The second kappa shape index (κ2) is 5.00. The van der Waals surface area contributed by atoms with Crippen molar-refractivity contribution < 1.29 is 9.90 Å². The van der Waals surface area contributed by atoms with Crippen molar-refractivity contribution in [1.29, 1.82) is 0 Å². The maximum Gasteiger partial charge on any atom is 0.358 e. The Labute approximate surface area is 105 Å². The molecule has 1 aromatic carbocycles. The first-order valence-electron chi connectivity index (χ1n) is 5.82. The van der Waals surface area contributed by atoms with Gasteiger partial charge in [-0.15, -0.1) is 5.10 Å². The molecule has 0 aliphatic rings. The van der Waals surface area contributed by atoms with Gasteiger partial charge in [-0.3, -0.25) is 0 Å². The monoisotopic (exact) mass is 245 g/mol. The zero-order valence-corrected chi connectivity index (χ0v) is 10.4. The smallest absolute Gasteiger partial charge is 0.358 e. The Balaban J connectivity index is 2.25. The number of hydrogen-bond donors (Lipinski definition) is 1. The molecule has 2 aromatic rings. The molecule has 0 aliphatic heterocycles. The molecule has 0 spiro atoms. The molecule has 1 N–H and O–H groups in total. The van der Waals surface area contributed by atoms with Crippen LogP contribution in [0.25, 0.3) is 0 Å². The Hall–Kier alpha value is -2.17. The van der Waals surface area contributed by atoms with E-state index in [1.54, 1.807) is 4.68 Å². The van der Waals surface area contributed by atoms with Crippen LogP contribution in [-0.4, -0.2) is 26.1 Å². The summed E-state index contributed by atoms with van der Waals surface area (Å²) in [6.45, 7) is 4.70. The number of carboxylic acids is 1. The molecule has 0 atom stereocenters. The van der Waals surface area contributed by atoms with E-state index in [4.69, 9.17) is 5.11 Å². The highest BCUT2D eigenvalue weighted by Gasteiger charge is 2.09. The van der Waals surface area contributed by atoms with Gasteiger partial charge in [-0.05, 0) is 24.5 Å². The fourth-order valence-electron chi connectivity index (χ4n) is 1.89. The highest BCUT2D eigenvalue weighted by molar-refractivity contribution is 5.84. The normalized spacial score (nSPS) is 10.6. The van der Waals surface area contributed by atoms with Crippen molar-refractivity contribution in [2.45, 2.75) is 26.8 Å². The highest BCUT2D eigenvalue weighted by atomic mass is 16.4. The van der Waals surface area contributed by atoms with Crippen LogP contribution in [0.5, 0.6) is 0 Å². The lowest BCUT2D eigenvalue weighted by molar-refractivity contribution is 0.0690. The van der Waals surface area contributed by atoms with E-state index in [2.05, 4.69) is 36.3 Å². The van der Waals surface area contributed by atoms with Crippen LogP contribution in [0.3, 0.4) is 0 Å². The van der Waals surface area contributed by atoms with Gasteiger partial charge in [-0.1, -0.05) is 35.9 Å². The molecule has 1 aromatic heterocycles. The van der Waals surface area contributed by atoms with Crippen molar-refractivity contribution in [3.63, 3.8) is 0 Å². The van der Waals surface area contributed by atoms with Crippen molar-refractivity contribution in [1.82, 2.24) is 15.0 Å². The maximum atomic E-state index is 10.7. The average molecular weight is 245 g/mol. The Kier molecular flexibility index (Phi) is 3.41. The fourth-order valence-corrected chi connectivity index (χ4v) is 1.89. The molecule has 5 heteroatoms. The summed E-state index contributed by atoms with van der Waals surface area (Å²) in [5, 5.41) is 16.2. The first-order chi connectivity index (χ1) is 8.60. The molecule has 0 saturated carbocycles. The number of aromatic nitrogens is 3. The van der Waals surface area contributed by atoms with E-state index in [0.717, 1.165) is 12.0 Å². The lowest BCUT2D eigenvalue weighted by atomic mass is 10.0. The van der Waals surface area contributed by atoms with Crippen molar-refractivity contribution in [3.05, 3.63) is 46.8 Å². The molecule has 0 unspecified atom stereocenters. The van der Waals surface area contributed by atoms with Gasteiger partial charge in [0.05, 0.1) is 12.7 Å². The van der Waals surface area contributed by atoms with Gasteiger partial charge in [0, 0.05) is 0 Å². The SMILES string of the molecule is CCc1cc(C)ccc1Cn1cc(C(=O)O)nn1. The van der Waals surface area contributed by atoms with Crippen LogP contribution in [-0.2, 0) is 13.0 Å². The summed E-state index contributed by atoms with van der Waals surface area (Å²) in [7, 11) is 0. The van der Waals surface area contributed by atoms with Crippen molar-refractivity contribution >= 4 is 5.97 Å². The zero-order valence-electron chi connectivity index (χ0n) is 10.4. The third kappa shape index (κ3) is 2.56. The van der Waals surface area contributed by atoms with Gasteiger partial charge in [-0.25, -0.2) is 9.48 Å². The van der Waals surface area contributed by atoms with E-state index in [1.807, 2.05) is 6.07 Å². The second-order valence-electron chi connectivity index (χ2n) is 4.23. The molecule has 94 valence electrons. The van der Waals surface area contributed by atoms with Gasteiger partial charge in [-0.2, -0.15) is 0 Å². The molecule has 0 saturated heterocycles. The summed E-state index contributed by atoms with van der Waals surface area (Å²) in [6, 6.07) is 6.24. The Morgan fingerprint density at radius 1 is 1.39 bits per heavy atom. The molecule has 1 heterocycles. The number of nitrogens with zero attached hydrogens (tertiary/aromatic N) is 3. The molecular weight excluding hydrogens is 230 g/mol. The minimum atomic E-state index is -1.05. The lowest BCUT2D eigenvalue weighted by Gasteiger charge is -2.08. The third-order valence-electron chi connectivity index (χ3n) is 2.83. The molecule has 0 radical (unpaired) electrons. The number of aryl methyl sites for hydroxylation is 2. The molecular formula is C13H15N3O2. The van der Waals surface area contributed by atoms with Crippen LogP contribution in [0, 0.1) is 6.92 Å². The largest absolute Gasteiger partial charge is 0.476 e. The van der Waals surface area contributed by atoms with Crippen molar-refractivity contribution in [2.75, 3.05) is 0 Å². The van der Waals surface area contributed by atoms with Crippen LogP contribution >= 0.6 is 0 Å². The van der Waals surface area contributed by atoms with Crippen LogP contribution in [0.1, 0.15) is 34.1 Å². The molecule has 0 aliphatic carbocycles. The molecule has 0 amide bonds. The minimum absolute atomic E-state index is 0.0276. The van der Waals surface area contributed by atoms with Gasteiger partial charge in [0.25, 0.3) is 0 Å². The van der Waals surface area contributed by atoms with Crippen molar-refractivity contribution in [2.24, 2.45) is 0 Å². The fraction of sp³-hybridized carbons (Fsp3) is 0.308. The van der Waals surface area contributed by atoms with Crippen LogP contribution in [0.2, 0.25) is 0 Å². The maximum absolute atomic E-state index is 10.7. The number of benzene rings is 1. The Morgan fingerprint density at radius 3 is 2.78 bits per heavy atom. The summed E-state index contributed by atoms with van der Waals surface area (Å²) >= 11 is 0. The first kappa shape index (κ1) is 12.3. The lowest BCUT2D eigenvalue weighted by Crippen LogP contribution is -2.04. The topological polar surface area (TPSA) is 68.0 Å². The minimum Gasteiger partial charge on any atom is -0.476 e. The van der Waals surface area contributed by atoms with E-state index in [0.29, 0.717) is 6.54 Å². The van der Waals surface area contributed by atoms with E-state index in [-0.39, 0.29) is 5.69 Å². The Bertz CT molecular complexity index is 575. The molecule has 2 rings (SSSR count). The predicted octanol–water partition coefficient (Wildman–Crippen LogP) is 1.90. The van der Waals surface area contributed by atoms with E-state index in [1.165, 1.54) is 17.3 Å². The first-order valence-corrected chi connectivity index (χ1v) is 5.82. The van der Waals surface area contributed by atoms with Gasteiger partial charge < -0.3 is 5.11 Å². The number of carboxylic acid groups (broad SMARTS) is 1. The molecule has 5 nitrogen and oxygen atoms in total. The van der Waals surface area contributed by atoms with E-state index >= 15 is 0 Å². The van der Waals surface area contributed by atoms with Crippen LogP contribution in [0.4, 0.5) is 0 Å². The summed E-state index contributed by atoms with van der Waals surface area (Å²) in [5.74, 6) is -1.05. The number of rotatable bonds is 4. The Morgan fingerprint density at radius 2 is 2.17 bits per heavy atom. The van der Waals surface area contributed by atoms with Gasteiger partial charge in [0.2, 0.25) is 0 Å². The molecule has 18 heavy (non-hydrogen) atoms. The van der Waals surface area contributed by atoms with Gasteiger partial charge >= 0.3 is 5.97 Å².